The van der Waals surface area contributed by atoms with E-state index < -0.39 is 0 Å². The van der Waals surface area contributed by atoms with Crippen LogP contribution in [0.4, 0.5) is 0 Å². The number of likely N-dealkylation sites (tertiary alicyclic amines) is 1. The molecular weight excluding hydrogens is 194 g/mol. The highest BCUT2D eigenvalue weighted by molar-refractivity contribution is 7.07. The van der Waals surface area contributed by atoms with E-state index >= 15 is 0 Å². The minimum atomic E-state index is 0.310. The van der Waals surface area contributed by atoms with Crippen LogP contribution in [0.15, 0.2) is 16.8 Å². The highest BCUT2D eigenvalue weighted by Gasteiger charge is 2.21. The molecular formula is C11H17NOS. The fourth-order valence-corrected chi connectivity index (χ4v) is 2.75. The summed E-state index contributed by atoms with van der Waals surface area (Å²) in [5.74, 6) is 0. The molecule has 1 N–H and O–H groups in total. The van der Waals surface area contributed by atoms with Crippen molar-refractivity contribution in [2.45, 2.75) is 31.8 Å². The van der Waals surface area contributed by atoms with Gasteiger partial charge in [-0.25, -0.2) is 0 Å². The number of thiophene rings is 1. The molecule has 3 heteroatoms. The van der Waals surface area contributed by atoms with E-state index in [1.54, 1.807) is 11.3 Å². The number of piperidine rings is 1. The Morgan fingerprint density at radius 1 is 1.50 bits per heavy atom. The van der Waals surface area contributed by atoms with Crippen molar-refractivity contribution in [3.63, 3.8) is 0 Å². The lowest BCUT2D eigenvalue weighted by atomic mass is 10.0. The molecule has 2 heterocycles. The van der Waals surface area contributed by atoms with Crippen molar-refractivity contribution in [1.82, 2.24) is 4.90 Å². The topological polar surface area (TPSA) is 23.5 Å². The van der Waals surface area contributed by atoms with E-state index in [-0.39, 0.29) is 0 Å². The molecule has 1 aromatic heterocycles. The predicted molar refractivity (Wildman–Crippen MR) is 59.5 cm³/mol. The number of hydrogen-bond donors (Lipinski definition) is 1. The molecule has 0 aromatic carbocycles. The monoisotopic (exact) mass is 211 g/mol. The Labute approximate surface area is 89.2 Å². The first kappa shape index (κ1) is 10.1. The van der Waals surface area contributed by atoms with E-state index in [1.807, 2.05) is 0 Å². The van der Waals surface area contributed by atoms with Crippen molar-refractivity contribution in [2.24, 2.45) is 0 Å². The second-order valence-corrected chi connectivity index (χ2v) is 4.71. The van der Waals surface area contributed by atoms with Gasteiger partial charge in [-0.05, 0) is 41.8 Å². The van der Waals surface area contributed by atoms with Crippen LogP contribution in [0.1, 0.15) is 24.8 Å². The lowest BCUT2D eigenvalue weighted by molar-refractivity contribution is 0.0842. The molecule has 0 unspecified atom stereocenters. The van der Waals surface area contributed by atoms with Crippen molar-refractivity contribution in [3.05, 3.63) is 22.4 Å². The maximum atomic E-state index is 9.25. The third-order valence-corrected chi connectivity index (χ3v) is 3.66. The first-order chi connectivity index (χ1) is 6.90. The lowest BCUT2D eigenvalue weighted by Gasteiger charge is -2.34. The molecule has 78 valence electrons. The molecule has 2 rings (SSSR count). The third kappa shape index (κ3) is 2.35. The molecule has 2 nitrogen and oxygen atoms in total. The highest BCUT2D eigenvalue weighted by atomic mass is 32.1. The normalized spacial score (nSPS) is 23.9. The molecule has 0 saturated carbocycles. The summed E-state index contributed by atoms with van der Waals surface area (Å²) in [7, 11) is 0. The summed E-state index contributed by atoms with van der Waals surface area (Å²) in [6.07, 6.45) is 3.70. The Morgan fingerprint density at radius 3 is 3.14 bits per heavy atom. The Bertz CT molecular complexity index is 260. The second kappa shape index (κ2) is 4.91. The third-order valence-electron chi connectivity index (χ3n) is 2.93. The van der Waals surface area contributed by atoms with Gasteiger partial charge in [0.15, 0.2) is 0 Å². The van der Waals surface area contributed by atoms with Crippen molar-refractivity contribution in [2.75, 3.05) is 13.2 Å². The van der Waals surface area contributed by atoms with Gasteiger partial charge in [0, 0.05) is 12.6 Å². The van der Waals surface area contributed by atoms with Crippen LogP contribution in [-0.2, 0) is 6.54 Å². The van der Waals surface area contributed by atoms with Gasteiger partial charge in [0.25, 0.3) is 0 Å². The van der Waals surface area contributed by atoms with Gasteiger partial charge < -0.3 is 5.11 Å². The SMILES string of the molecule is OC[C@@H]1CCCCN1Cc1ccsc1. The number of nitrogens with zero attached hydrogens (tertiary/aromatic N) is 1. The molecule has 1 aromatic rings. The molecule has 0 aliphatic carbocycles. The Morgan fingerprint density at radius 2 is 2.43 bits per heavy atom. The number of rotatable bonds is 3. The summed E-state index contributed by atoms with van der Waals surface area (Å²) >= 11 is 1.75. The fourth-order valence-electron chi connectivity index (χ4n) is 2.09. The lowest BCUT2D eigenvalue weighted by Crippen LogP contribution is -2.41. The standard InChI is InChI=1S/C11H17NOS/c13-8-11-3-1-2-5-12(11)7-10-4-6-14-9-10/h4,6,9,11,13H,1-3,5,7-8H2/t11-/m0/s1. The number of aliphatic hydroxyl groups is 1. The minimum absolute atomic E-state index is 0.310. The molecule has 0 bridgehead atoms. The van der Waals surface area contributed by atoms with Crippen LogP contribution < -0.4 is 0 Å². The molecule has 14 heavy (non-hydrogen) atoms. The van der Waals surface area contributed by atoms with Crippen LogP contribution in [-0.4, -0.2) is 29.2 Å². The van der Waals surface area contributed by atoms with E-state index in [0.717, 1.165) is 19.5 Å². The van der Waals surface area contributed by atoms with Crippen LogP contribution in [0.3, 0.4) is 0 Å². The van der Waals surface area contributed by atoms with Gasteiger partial charge in [0.05, 0.1) is 6.61 Å². The van der Waals surface area contributed by atoms with Crippen molar-refractivity contribution >= 4 is 11.3 Å². The molecule has 1 saturated heterocycles. The molecule has 1 fully saturated rings. The summed E-state index contributed by atoms with van der Waals surface area (Å²) in [6.45, 7) is 2.46. The molecule has 0 spiro atoms. The Balaban J connectivity index is 1.94. The van der Waals surface area contributed by atoms with Crippen LogP contribution in [0.5, 0.6) is 0 Å². The van der Waals surface area contributed by atoms with Gasteiger partial charge in [-0.1, -0.05) is 6.42 Å². The van der Waals surface area contributed by atoms with Gasteiger partial charge in [0.2, 0.25) is 0 Å². The van der Waals surface area contributed by atoms with Gasteiger partial charge in [-0.15, -0.1) is 0 Å². The summed E-state index contributed by atoms with van der Waals surface area (Å²) in [5.41, 5.74) is 1.38. The zero-order chi connectivity index (χ0) is 9.80. The van der Waals surface area contributed by atoms with E-state index in [9.17, 15) is 5.11 Å². The first-order valence-corrected chi connectivity index (χ1v) is 6.20. The van der Waals surface area contributed by atoms with Crippen LogP contribution in [0.25, 0.3) is 0 Å². The molecule has 0 radical (unpaired) electrons. The van der Waals surface area contributed by atoms with Crippen LogP contribution >= 0.6 is 11.3 Å². The van der Waals surface area contributed by atoms with Crippen molar-refractivity contribution in [1.29, 1.82) is 0 Å². The summed E-state index contributed by atoms with van der Waals surface area (Å²) < 4.78 is 0. The minimum Gasteiger partial charge on any atom is -0.395 e. The zero-order valence-electron chi connectivity index (χ0n) is 8.35. The van der Waals surface area contributed by atoms with Crippen molar-refractivity contribution < 1.29 is 5.11 Å². The van der Waals surface area contributed by atoms with E-state index in [2.05, 4.69) is 21.7 Å². The predicted octanol–water partition coefficient (Wildman–Crippen LogP) is 2.09. The number of aliphatic hydroxyl groups excluding tert-OH is 1. The van der Waals surface area contributed by atoms with E-state index in [4.69, 9.17) is 0 Å². The maximum absolute atomic E-state index is 9.25. The van der Waals surface area contributed by atoms with Crippen LogP contribution in [0, 0.1) is 0 Å². The Kier molecular flexibility index (Phi) is 3.56. The summed E-state index contributed by atoms with van der Waals surface area (Å²) in [4.78, 5) is 2.41. The van der Waals surface area contributed by atoms with Gasteiger partial charge in [0.1, 0.15) is 0 Å². The summed E-state index contributed by atoms with van der Waals surface area (Å²) in [5, 5.41) is 13.6. The first-order valence-electron chi connectivity index (χ1n) is 5.26. The van der Waals surface area contributed by atoms with Crippen LogP contribution in [0.2, 0.25) is 0 Å². The van der Waals surface area contributed by atoms with Gasteiger partial charge >= 0.3 is 0 Å². The molecule has 1 aliphatic rings. The molecule has 1 atom stereocenters. The van der Waals surface area contributed by atoms with Gasteiger partial charge in [-0.3, -0.25) is 4.90 Å². The average Bonchev–Trinajstić information content (AvgIpc) is 2.71. The zero-order valence-corrected chi connectivity index (χ0v) is 9.17. The largest absolute Gasteiger partial charge is 0.395 e. The van der Waals surface area contributed by atoms with Gasteiger partial charge in [-0.2, -0.15) is 11.3 Å². The van der Waals surface area contributed by atoms with E-state index in [0.29, 0.717) is 12.6 Å². The smallest absolute Gasteiger partial charge is 0.0586 e. The quantitative estimate of drug-likeness (QED) is 0.827. The highest BCUT2D eigenvalue weighted by Crippen LogP contribution is 2.20. The molecule has 0 amide bonds. The Hall–Kier alpha value is -0.380. The summed E-state index contributed by atoms with van der Waals surface area (Å²) in [6, 6.07) is 2.57. The van der Waals surface area contributed by atoms with Crippen molar-refractivity contribution in [3.8, 4) is 0 Å². The fraction of sp³-hybridized carbons (Fsp3) is 0.636. The average molecular weight is 211 g/mol. The second-order valence-electron chi connectivity index (χ2n) is 3.93. The molecule has 1 aliphatic heterocycles. The maximum Gasteiger partial charge on any atom is 0.0586 e. The number of hydrogen-bond acceptors (Lipinski definition) is 3. The van der Waals surface area contributed by atoms with E-state index in [1.165, 1.54) is 18.4 Å².